The van der Waals surface area contributed by atoms with Gasteiger partial charge in [-0.3, -0.25) is 4.68 Å². The molecule has 29 heavy (non-hydrogen) atoms. The van der Waals surface area contributed by atoms with Crippen molar-refractivity contribution in [3.05, 3.63) is 40.7 Å². The smallest absolute Gasteiger partial charge is 0.370 e. The first kappa shape index (κ1) is 19.2. The molecule has 0 spiro atoms. The van der Waals surface area contributed by atoms with Crippen LogP contribution >= 0.6 is 0 Å². The number of fused-ring (bicyclic) bond motifs is 1. The number of rotatable bonds is 5. The van der Waals surface area contributed by atoms with Crippen LogP contribution in [0.25, 0.3) is 0 Å². The lowest BCUT2D eigenvalue weighted by molar-refractivity contribution is -0.137. The van der Waals surface area contributed by atoms with E-state index in [9.17, 15) is 13.2 Å². The zero-order valence-corrected chi connectivity index (χ0v) is 16.1. The van der Waals surface area contributed by atoms with Crippen molar-refractivity contribution < 1.29 is 17.7 Å². The van der Waals surface area contributed by atoms with Gasteiger partial charge in [0.05, 0.1) is 17.1 Å². The van der Waals surface area contributed by atoms with E-state index in [1.54, 1.807) is 24.7 Å². The second-order valence-electron chi connectivity index (χ2n) is 6.88. The van der Waals surface area contributed by atoms with Crippen LogP contribution < -0.4 is 10.6 Å². The molecule has 0 amide bonds. The van der Waals surface area contributed by atoms with Gasteiger partial charge in [-0.05, 0) is 33.6 Å². The van der Waals surface area contributed by atoms with E-state index in [1.807, 2.05) is 6.92 Å². The number of hydrogen-bond donors (Lipinski definition) is 2. The lowest BCUT2D eigenvalue weighted by Crippen LogP contribution is -2.14. The summed E-state index contributed by atoms with van der Waals surface area (Å²) in [7, 11) is 0. The highest BCUT2D eigenvalue weighted by Crippen LogP contribution is 2.37. The normalized spacial score (nSPS) is 16.1. The zero-order chi connectivity index (χ0) is 20.8. The summed E-state index contributed by atoms with van der Waals surface area (Å²) >= 11 is 0. The molecule has 8 nitrogen and oxygen atoms in total. The fourth-order valence-corrected chi connectivity index (χ4v) is 3.47. The lowest BCUT2D eigenvalue weighted by atomic mass is 10.2. The van der Waals surface area contributed by atoms with Crippen LogP contribution in [0, 0.1) is 13.8 Å². The molecule has 2 N–H and O–H groups in total. The molecule has 0 bridgehead atoms. The fourth-order valence-electron chi connectivity index (χ4n) is 3.47. The van der Waals surface area contributed by atoms with Gasteiger partial charge in [-0.25, -0.2) is 4.98 Å². The van der Waals surface area contributed by atoms with E-state index >= 15 is 0 Å². The van der Waals surface area contributed by atoms with Crippen molar-refractivity contribution in [2.24, 2.45) is 0 Å². The van der Waals surface area contributed by atoms with Crippen molar-refractivity contribution in [1.82, 2.24) is 24.9 Å². The molecule has 0 unspecified atom stereocenters. The maximum absolute atomic E-state index is 13.1. The molecule has 3 aromatic heterocycles. The molecule has 0 saturated carbocycles. The third-order valence-corrected chi connectivity index (χ3v) is 4.91. The van der Waals surface area contributed by atoms with E-state index in [0.29, 0.717) is 17.9 Å². The van der Waals surface area contributed by atoms with Gasteiger partial charge in [0.15, 0.2) is 5.76 Å². The Hall–Kier alpha value is -3.11. The Morgan fingerprint density at radius 1 is 1.28 bits per heavy atom. The number of aryl methyl sites for hydroxylation is 2. The number of hydrogen-bond acceptors (Lipinski definition) is 7. The Morgan fingerprint density at radius 2 is 2.07 bits per heavy atom. The summed E-state index contributed by atoms with van der Waals surface area (Å²) in [4.78, 5) is 7.82. The van der Waals surface area contributed by atoms with Gasteiger partial charge in [0, 0.05) is 24.5 Å². The number of halogens is 3. The minimum absolute atomic E-state index is 0.0548. The third kappa shape index (κ3) is 3.52. The predicted molar refractivity (Wildman–Crippen MR) is 99.1 cm³/mol. The first-order valence-electron chi connectivity index (χ1n) is 9.23. The molecule has 0 fully saturated rings. The van der Waals surface area contributed by atoms with Gasteiger partial charge in [-0.15, -0.1) is 0 Å². The van der Waals surface area contributed by atoms with Gasteiger partial charge in [0.25, 0.3) is 0 Å². The summed E-state index contributed by atoms with van der Waals surface area (Å²) in [6, 6.07) is -0.0636. The average Bonchev–Trinajstić information content (AvgIpc) is 3.32. The van der Waals surface area contributed by atoms with Crippen LogP contribution in [0.3, 0.4) is 0 Å². The van der Waals surface area contributed by atoms with Crippen molar-refractivity contribution in [1.29, 1.82) is 0 Å². The van der Waals surface area contributed by atoms with Crippen molar-refractivity contribution in [2.45, 2.75) is 45.8 Å². The third-order valence-electron chi connectivity index (χ3n) is 4.91. The van der Waals surface area contributed by atoms with Gasteiger partial charge in [-0.1, -0.05) is 5.16 Å². The molecule has 0 aliphatic heterocycles. The van der Waals surface area contributed by atoms with Crippen molar-refractivity contribution in [3.63, 3.8) is 0 Å². The zero-order valence-electron chi connectivity index (χ0n) is 16.1. The Labute approximate surface area is 164 Å². The molecule has 4 rings (SSSR count). The number of aromatic nitrogens is 5. The average molecular weight is 407 g/mol. The molecule has 154 valence electrons. The lowest BCUT2D eigenvalue weighted by Gasteiger charge is -2.13. The monoisotopic (exact) mass is 407 g/mol. The van der Waals surface area contributed by atoms with Gasteiger partial charge in [0.2, 0.25) is 5.95 Å². The fraction of sp³-hybridized carbons (Fsp3) is 0.444. The van der Waals surface area contributed by atoms with E-state index in [1.165, 1.54) is 0 Å². The van der Waals surface area contributed by atoms with E-state index in [0.717, 1.165) is 36.1 Å². The second kappa shape index (κ2) is 7.05. The molecule has 0 aromatic carbocycles. The molecule has 0 radical (unpaired) electrons. The second-order valence-corrected chi connectivity index (χ2v) is 6.88. The minimum atomic E-state index is -4.54. The van der Waals surface area contributed by atoms with E-state index in [2.05, 4.69) is 30.9 Å². The highest BCUT2D eigenvalue weighted by Gasteiger charge is 2.35. The van der Waals surface area contributed by atoms with Gasteiger partial charge in [0.1, 0.15) is 17.4 Å². The van der Waals surface area contributed by atoms with Crippen molar-refractivity contribution >= 4 is 17.5 Å². The Bertz CT molecular complexity index is 1040. The summed E-state index contributed by atoms with van der Waals surface area (Å²) in [5, 5.41) is 14.1. The quantitative estimate of drug-likeness (QED) is 0.660. The Balaban J connectivity index is 1.60. The highest BCUT2D eigenvalue weighted by molar-refractivity contribution is 5.58. The van der Waals surface area contributed by atoms with Crippen molar-refractivity contribution in [2.75, 3.05) is 17.2 Å². The minimum Gasteiger partial charge on any atom is -0.370 e. The molecule has 1 aliphatic carbocycles. The van der Waals surface area contributed by atoms with Gasteiger partial charge >= 0.3 is 6.18 Å². The van der Waals surface area contributed by atoms with Crippen LogP contribution in [0.1, 0.15) is 47.7 Å². The molecule has 1 atom stereocenters. The SMILES string of the molecule is CCNc1nc(Nc2cn([C@H]3CCc4c(C)noc43)nc2C)ncc1C(F)(F)F. The summed E-state index contributed by atoms with van der Waals surface area (Å²) < 4.78 is 46.6. The number of anilines is 3. The van der Waals surface area contributed by atoms with E-state index in [4.69, 9.17) is 4.52 Å². The maximum Gasteiger partial charge on any atom is 0.421 e. The summed E-state index contributed by atoms with van der Waals surface area (Å²) in [5.74, 6) is 0.594. The molecular formula is C18H20F3N7O. The molecule has 0 saturated heterocycles. The van der Waals surface area contributed by atoms with E-state index < -0.39 is 11.7 Å². The summed E-state index contributed by atoms with van der Waals surface area (Å²) in [6.07, 6.45) is -0.273. The summed E-state index contributed by atoms with van der Waals surface area (Å²) in [5.41, 5.74) is 2.37. The topological polar surface area (TPSA) is 93.7 Å². The number of nitrogens with zero attached hydrogens (tertiary/aromatic N) is 5. The molecule has 1 aliphatic rings. The molecule has 3 aromatic rings. The Morgan fingerprint density at radius 3 is 2.79 bits per heavy atom. The first-order valence-corrected chi connectivity index (χ1v) is 9.23. The molecular weight excluding hydrogens is 387 g/mol. The summed E-state index contributed by atoms with van der Waals surface area (Å²) in [6.45, 7) is 5.72. The van der Waals surface area contributed by atoms with Gasteiger partial charge in [-0.2, -0.15) is 23.3 Å². The number of nitrogens with one attached hydrogen (secondary N) is 2. The standard InChI is InChI=1S/C18H20F3N7O/c1-4-22-16-12(18(19,20)21)7-23-17(25-16)24-13-8-28(26-10(13)3)14-6-5-11-9(2)27-29-15(11)14/h7-8,14H,4-6H2,1-3H3,(H2,22,23,24,25)/t14-/m0/s1. The predicted octanol–water partition coefficient (Wildman–Crippen LogP) is 4.01. The van der Waals surface area contributed by atoms with Gasteiger partial charge < -0.3 is 15.2 Å². The largest absolute Gasteiger partial charge is 0.421 e. The molecule has 11 heteroatoms. The van der Waals surface area contributed by atoms with Crippen LogP contribution in [0.2, 0.25) is 0 Å². The van der Waals surface area contributed by atoms with Crippen LogP contribution in [-0.4, -0.2) is 31.4 Å². The van der Waals surface area contributed by atoms with Crippen LogP contribution in [0.4, 0.5) is 30.6 Å². The van der Waals surface area contributed by atoms with Crippen LogP contribution in [-0.2, 0) is 12.6 Å². The molecule has 3 heterocycles. The maximum atomic E-state index is 13.1. The highest BCUT2D eigenvalue weighted by atomic mass is 19.4. The van der Waals surface area contributed by atoms with Crippen molar-refractivity contribution in [3.8, 4) is 0 Å². The first-order chi connectivity index (χ1) is 13.8. The van der Waals surface area contributed by atoms with Crippen LogP contribution in [0.5, 0.6) is 0 Å². The van der Waals surface area contributed by atoms with E-state index in [-0.39, 0.29) is 17.8 Å². The Kier molecular flexibility index (Phi) is 4.67. The number of alkyl halides is 3. The van der Waals surface area contributed by atoms with Crippen LogP contribution in [0.15, 0.2) is 16.9 Å².